The van der Waals surface area contributed by atoms with E-state index >= 15 is 0 Å². The molecule has 2 aromatic carbocycles. The molecule has 0 aliphatic rings. The van der Waals surface area contributed by atoms with Crippen LogP contribution in [0, 0.1) is 18.3 Å². The van der Waals surface area contributed by atoms with Gasteiger partial charge in [0, 0.05) is 11.5 Å². The largest absolute Gasteiger partial charge is 0.423 e. The first-order chi connectivity index (χ1) is 11.6. The molecule has 0 bridgehead atoms. The maximum absolute atomic E-state index is 12.3. The van der Waals surface area contributed by atoms with E-state index in [1.165, 1.54) is 6.07 Å². The molecule has 0 aliphatic carbocycles. The Labute approximate surface area is 138 Å². The summed E-state index contributed by atoms with van der Waals surface area (Å²) in [7, 11) is 0. The third-order valence-corrected chi connectivity index (χ3v) is 3.66. The molecule has 0 saturated heterocycles. The Bertz CT molecular complexity index is 1030. The van der Waals surface area contributed by atoms with Gasteiger partial charge in [0.2, 0.25) is 5.91 Å². The summed E-state index contributed by atoms with van der Waals surface area (Å²) in [6.07, 6.45) is 0.0188. The summed E-state index contributed by atoms with van der Waals surface area (Å²) in [5, 5.41) is 12.5. The highest BCUT2D eigenvalue weighted by molar-refractivity contribution is 5.96. The molecule has 0 atom stereocenters. The van der Waals surface area contributed by atoms with Gasteiger partial charge in [-0.05, 0) is 36.2 Å². The van der Waals surface area contributed by atoms with Gasteiger partial charge in [0.1, 0.15) is 11.7 Å². The summed E-state index contributed by atoms with van der Waals surface area (Å²) < 4.78 is 5.19. The number of hydrogen-bond donors (Lipinski definition) is 1. The van der Waals surface area contributed by atoms with E-state index in [1.54, 1.807) is 30.3 Å². The molecule has 1 amide bonds. The SMILES string of the molecule is Cc1ccc2c(CC(=O)Nc3ccccc3C#N)cc(=O)oc2c1. The Morgan fingerprint density at radius 3 is 2.79 bits per heavy atom. The van der Waals surface area contributed by atoms with Crippen LogP contribution in [0.3, 0.4) is 0 Å². The van der Waals surface area contributed by atoms with Crippen molar-refractivity contribution in [3.05, 3.63) is 75.6 Å². The minimum Gasteiger partial charge on any atom is -0.423 e. The van der Waals surface area contributed by atoms with Crippen molar-refractivity contribution in [1.29, 1.82) is 5.26 Å². The summed E-state index contributed by atoms with van der Waals surface area (Å²) in [5.74, 6) is -0.301. The summed E-state index contributed by atoms with van der Waals surface area (Å²) >= 11 is 0. The number of anilines is 1. The van der Waals surface area contributed by atoms with Crippen molar-refractivity contribution in [3.63, 3.8) is 0 Å². The molecule has 3 rings (SSSR count). The molecule has 1 aromatic heterocycles. The zero-order chi connectivity index (χ0) is 17.1. The van der Waals surface area contributed by atoms with Crippen molar-refractivity contribution in [2.75, 3.05) is 5.32 Å². The topological polar surface area (TPSA) is 83.1 Å². The Hall–Kier alpha value is -3.39. The fourth-order valence-electron chi connectivity index (χ4n) is 2.54. The lowest BCUT2D eigenvalue weighted by atomic mass is 10.1. The molecule has 24 heavy (non-hydrogen) atoms. The molecular formula is C19H14N2O3. The van der Waals surface area contributed by atoms with Crippen LogP contribution in [0.4, 0.5) is 5.69 Å². The van der Waals surface area contributed by atoms with Crippen LogP contribution in [0.15, 0.2) is 57.7 Å². The fourth-order valence-corrected chi connectivity index (χ4v) is 2.54. The number of aryl methyl sites for hydroxylation is 1. The van der Waals surface area contributed by atoms with Crippen molar-refractivity contribution in [3.8, 4) is 6.07 Å². The second-order valence-electron chi connectivity index (χ2n) is 5.47. The summed E-state index contributed by atoms with van der Waals surface area (Å²) in [5.41, 5.74) is 2.37. The second-order valence-corrected chi connectivity index (χ2v) is 5.47. The third-order valence-electron chi connectivity index (χ3n) is 3.66. The van der Waals surface area contributed by atoms with E-state index in [9.17, 15) is 9.59 Å². The predicted octanol–water partition coefficient (Wildman–Crippen LogP) is 3.15. The third kappa shape index (κ3) is 3.18. The molecule has 1 N–H and O–H groups in total. The van der Waals surface area contributed by atoms with Crippen molar-refractivity contribution >= 4 is 22.6 Å². The minimum absolute atomic E-state index is 0.0188. The first kappa shape index (κ1) is 15.5. The summed E-state index contributed by atoms with van der Waals surface area (Å²) in [4.78, 5) is 24.0. The Morgan fingerprint density at radius 2 is 2.00 bits per heavy atom. The Balaban J connectivity index is 1.91. The van der Waals surface area contributed by atoms with Crippen molar-refractivity contribution < 1.29 is 9.21 Å². The number of nitriles is 1. The molecule has 5 heteroatoms. The van der Waals surface area contributed by atoms with Crippen LogP contribution in [0.2, 0.25) is 0 Å². The lowest BCUT2D eigenvalue weighted by molar-refractivity contribution is -0.115. The molecule has 3 aromatic rings. The monoisotopic (exact) mass is 318 g/mol. The number of para-hydroxylation sites is 1. The highest BCUT2D eigenvalue weighted by atomic mass is 16.4. The van der Waals surface area contributed by atoms with E-state index in [0.717, 1.165) is 10.9 Å². The maximum Gasteiger partial charge on any atom is 0.336 e. The molecule has 1 heterocycles. The lowest BCUT2D eigenvalue weighted by Gasteiger charge is -2.08. The van der Waals surface area contributed by atoms with E-state index in [4.69, 9.17) is 9.68 Å². The molecule has 118 valence electrons. The first-order valence-corrected chi connectivity index (χ1v) is 7.39. The standard InChI is InChI=1S/C19H14N2O3/c1-12-6-7-15-14(10-19(23)24-17(15)8-12)9-18(22)21-16-5-3-2-4-13(16)11-20/h2-8,10H,9H2,1H3,(H,21,22). The van der Waals surface area contributed by atoms with Gasteiger partial charge in [-0.3, -0.25) is 4.79 Å². The van der Waals surface area contributed by atoms with Crippen LogP contribution in [-0.4, -0.2) is 5.91 Å². The number of hydrogen-bond acceptors (Lipinski definition) is 4. The van der Waals surface area contributed by atoms with E-state index in [-0.39, 0.29) is 12.3 Å². The molecule has 0 saturated carbocycles. The van der Waals surface area contributed by atoms with Crippen molar-refractivity contribution in [1.82, 2.24) is 0 Å². The molecule has 0 aliphatic heterocycles. The highest BCUT2D eigenvalue weighted by Crippen LogP contribution is 2.20. The smallest absolute Gasteiger partial charge is 0.336 e. The number of carbonyl (C=O) groups excluding carboxylic acids is 1. The zero-order valence-electron chi connectivity index (χ0n) is 13.0. The van der Waals surface area contributed by atoms with Gasteiger partial charge in [-0.1, -0.05) is 24.3 Å². The van der Waals surface area contributed by atoms with Crippen LogP contribution >= 0.6 is 0 Å². The Morgan fingerprint density at radius 1 is 1.21 bits per heavy atom. The number of amides is 1. The van der Waals surface area contributed by atoms with Gasteiger partial charge in [0.25, 0.3) is 0 Å². The van der Waals surface area contributed by atoms with Crippen LogP contribution in [0.25, 0.3) is 11.0 Å². The van der Waals surface area contributed by atoms with Crippen LogP contribution in [0.1, 0.15) is 16.7 Å². The van der Waals surface area contributed by atoms with Gasteiger partial charge in [-0.25, -0.2) is 4.79 Å². The van der Waals surface area contributed by atoms with E-state index in [0.29, 0.717) is 22.4 Å². The van der Waals surface area contributed by atoms with Crippen LogP contribution in [0.5, 0.6) is 0 Å². The fraction of sp³-hybridized carbons (Fsp3) is 0.105. The number of fused-ring (bicyclic) bond motifs is 1. The van der Waals surface area contributed by atoms with E-state index < -0.39 is 5.63 Å². The molecule has 5 nitrogen and oxygen atoms in total. The van der Waals surface area contributed by atoms with E-state index in [1.807, 2.05) is 25.1 Å². The second kappa shape index (κ2) is 6.39. The van der Waals surface area contributed by atoms with Crippen LogP contribution in [-0.2, 0) is 11.2 Å². The van der Waals surface area contributed by atoms with Crippen molar-refractivity contribution in [2.45, 2.75) is 13.3 Å². The van der Waals surface area contributed by atoms with Crippen LogP contribution < -0.4 is 10.9 Å². The quantitative estimate of drug-likeness (QED) is 0.752. The van der Waals surface area contributed by atoms with Gasteiger partial charge < -0.3 is 9.73 Å². The molecule has 0 unspecified atom stereocenters. The highest BCUT2D eigenvalue weighted by Gasteiger charge is 2.12. The number of carbonyl (C=O) groups is 1. The van der Waals surface area contributed by atoms with Gasteiger partial charge >= 0.3 is 5.63 Å². The van der Waals surface area contributed by atoms with Gasteiger partial charge in [-0.15, -0.1) is 0 Å². The Kier molecular flexibility index (Phi) is 4.13. The summed E-state index contributed by atoms with van der Waals surface area (Å²) in [6, 6.07) is 15.6. The molecule has 0 spiro atoms. The number of rotatable bonds is 3. The first-order valence-electron chi connectivity index (χ1n) is 7.39. The zero-order valence-corrected chi connectivity index (χ0v) is 13.0. The maximum atomic E-state index is 12.3. The van der Waals surface area contributed by atoms with Gasteiger partial charge in [0.15, 0.2) is 0 Å². The number of nitrogens with zero attached hydrogens (tertiary/aromatic N) is 1. The van der Waals surface area contributed by atoms with E-state index in [2.05, 4.69) is 5.32 Å². The molecule has 0 radical (unpaired) electrons. The average molecular weight is 318 g/mol. The summed E-state index contributed by atoms with van der Waals surface area (Å²) in [6.45, 7) is 1.90. The number of nitrogens with one attached hydrogen (secondary N) is 1. The average Bonchev–Trinajstić information content (AvgIpc) is 2.54. The number of benzene rings is 2. The normalized spacial score (nSPS) is 10.3. The molecular weight excluding hydrogens is 304 g/mol. The van der Waals surface area contributed by atoms with Gasteiger partial charge in [-0.2, -0.15) is 5.26 Å². The van der Waals surface area contributed by atoms with Gasteiger partial charge in [0.05, 0.1) is 17.7 Å². The van der Waals surface area contributed by atoms with Crippen molar-refractivity contribution in [2.24, 2.45) is 0 Å². The predicted molar refractivity (Wildman–Crippen MR) is 90.7 cm³/mol. The molecule has 0 fully saturated rings. The minimum atomic E-state index is -0.492. The lowest BCUT2D eigenvalue weighted by Crippen LogP contribution is -2.16.